The first-order valence-corrected chi connectivity index (χ1v) is 5.70. The fourth-order valence-electron chi connectivity index (χ4n) is 2.42. The molecule has 2 heterocycles. The second-order valence-electron chi connectivity index (χ2n) is 4.51. The van der Waals surface area contributed by atoms with Crippen molar-refractivity contribution in [2.24, 2.45) is 5.41 Å². The number of halogens is 1. The third kappa shape index (κ3) is 1.58. The Morgan fingerprint density at radius 3 is 2.73 bits per heavy atom. The molecule has 78 valence electrons. The van der Waals surface area contributed by atoms with E-state index >= 15 is 0 Å². The van der Waals surface area contributed by atoms with Crippen molar-refractivity contribution in [3.8, 4) is 0 Å². The molecule has 2 nitrogen and oxygen atoms in total. The van der Waals surface area contributed by atoms with Gasteiger partial charge in [-0.1, -0.05) is 23.7 Å². The van der Waals surface area contributed by atoms with Crippen molar-refractivity contribution in [3.63, 3.8) is 0 Å². The van der Waals surface area contributed by atoms with Gasteiger partial charge in [-0.3, -0.25) is 0 Å². The Hall–Kier alpha value is -0.860. The molecule has 1 spiro atoms. The molecule has 1 fully saturated rings. The molecule has 1 aliphatic carbocycles. The van der Waals surface area contributed by atoms with E-state index in [4.69, 9.17) is 11.6 Å². The summed E-state index contributed by atoms with van der Waals surface area (Å²) in [5.74, 6) is 0. The Kier molecular flexibility index (Phi) is 2.08. The maximum Gasteiger partial charge on any atom is 0.129 e. The molecule has 1 saturated heterocycles. The van der Waals surface area contributed by atoms with Gasteiger partial charge in [-0.05, 0) is 30.0 Å². The van der Waals surface area contributed by atoms with Gasteiger partial charge in [-0.15, -0.1) is 0 Å². The second-order valence-corrected chi connectivity index (χ2v) is 4.89. The number of hydrogen-bond donors (Lipinski definition) is 1. The van der Waals surface area contributed by atoms with Crippen LogP contribution in [0.15, 0.2) is 24.4 Å². The van der Waals surface area contributed by atoms with Gasteiger partial charge in [0.2, 0.25) is 0 Å². The molecular weight excluding hydrogens is 208 g/mol. The molecule has 0 atom stereocenters. The van der Waals surface area contributed by atoms with Crippen LogP contribution in [0.5, 0.6) is 0 Å². The Morgan fingerprint density at radius 2 is 2.20 bits per heavy atom. The third-order valence-corrected chi connectivity index (χ3v) is 3.65. The van der Waals surface area contributed by atoms with Crippen molar-refractivity contribution < 1.29 is 0 Å². The van der Waals surface area contributed by atoms with E-state index in [1.807, 2.05) is 12.3 Å². The topological polar surface area (TPSA) is 24.9 Å². The lowest BCUT2D eigenvalue weighted by Gasteiger charge is -2.37. The van der Waals surface area contributed by atoms with E-state index in [9.17, 15) is 0 Å². The minimum absolute atomic E-state index is 0.453. The Morgan fingerprint density at radius 1 is 1.33 bits per heavy atom. The summed E-state index contributed by atoms with van der Waals surface area (Å²) in [6.07, 6.45) is 6.75. The highest BCUT2D eigenvalue weighted by Gasteiger charge is 2.38. The first-order valence-electron chi connectivity index (χ1n) is 5.32. The molecule has 15 heavy (non-hydrogen) atoms. The van der Waals surface area contributed by atoms with Gasteiger partial charge in [-0.25, -0.2) is 4.98 Å². The quantitative estimate of drug-likeness (QED) is 0.736. The second kappa shape index (κ2) is 3.32. The summed E-state index contributed by atoms with van der Waals surface area (Å²) in [4.78, 5) is 4.12. The van der Waals surface area contributed by atoms with Crippen LogP contribution in [-0.4, -0.2) is 18.1 Å². The van der Waals surface area contributed by atoms with Gasteiger partial charge in [0, 0.05) is 24.7 Å². The van der Waals surface area contributed by atoms with Crippen LogP contribution in [0.3, 0.4) is 0 Å². The highest BCUT2D eigenvalue weighted by Crippen LogP contribution is 2.42. The van der Waals surface area contributed by atoms with E-state index in [1.165, 1.54) is 24.0 Å². The average Bonchev–Trinajstić information content (AvgIpc) is 2.63. The summed E-state index contributed by atoms with van der Waals surface area (Å²) >= 11 is 5.77. The monoisotopic (exact) mass is 220 g/mol. The Balaban J connectivity index is 1.89. The minimum atomic E-state index is 0.453. The largest absolute Gasteiger partial charge is 0.315 e. The molecule has 0 radical (unpaired) electrons. The van der Waals surface area contributed by atoms with Crippen molar-refractivity contribution in [2.45, 2.75) is 12.8 Å². The smallest absolute Gasteiger partial charge is 0.129 e. The van der Waals surface area contributed by atoms with E-state index in [1.54, 1.807) is 0 Å². The normalized spacial score (nSPS) is 22.6. The Labute approximate surface area is 94.4 Å². The highest BCUT2D eigenvalue weighted by molar-refractivity contribution is 6.29. The molecule has 0 bridgehead atoms. The zero-order valence-corrected chi connectivity index (χ0v) is 9.22. The molecule has 2 aliphatic rings. The van der Waals surface area contributed by atoms with Crippen molar-refractivity contribution in [2.75, 3.05) is 13.1 Å². The van der Waals surface area contributed by atoms with Gasteiger partial charge < -0.3 is 5.32 Å². The number of allylic oxidation sites excluding steroid dienone is 1. The van der Waals surface area contributed by atoms with E-state index in [-0.39, 0.29) is 0 Å². The summed E-state index contributed by atoms with van der Waals surface area (Å²) in [5.41, 5.74) is 3.11. The molecular formula is C12H13ClN2. The van der Waals surface area contributed by atoms with Crippen molar-refractivity contribution in [1.82, 2.24) is 10.3 Å². The zero-order valence-electron chi connectivity index (χ0n) is 8.46. The zero-order chi connectivity index (χ0) is 10.3. The van der Waals surface area contributed by atoms with Gasteiger partial charge >= 0.3 is 0 Å². The van der Waals surface area contributed by atoms with E-state index in [2.05, 4.69) is 22.4 Å². The van der Waals surface area contributed by atoms with Gasteiger partial charge in [0.1, 0.15) is 5.15 Å². The van der Waals surface area contributed by atoms with E-state index in [0.717, 1.165) is 13.1 Å². The number of nitrogens with one attached hydrogen (secondary N) is 1. The molecule has 1 aromatic rings. The van der Waals surface area contributed by atoms with Crippen molar-refractivity contribution in [3.05, 3.63) is 35.1 Å². The van der Waals surface area contributed by atoms with Gasteiger partial charge in [0.15, 0.2) is 0 Å². The molecule has 0 aromatic carbocycles. The molecule has 1 aliphatic heterocycles. The van der Waals surface area contributed by atoms with Gasteiger partial charge in [-0.2, -0.15) is 0 Å². The SMILES string of the molecule is Clc1ccc(C2=CC3(CC2)CNC3)cn1. The lowest BCUT2D eigenvalue weighted by atomic mass is 9.82. The number of hydrogen-bond acceptors (Lipinski definition) is 2. The fourth-order valence-corrected chi connectivity index (χ4v) is 2.53. The van der Waals surface area contributed by atoms with E-state index < -0.39 is 0 Å². The number of aromatic nitrogens is 1. The third-order valence-electron chi connectivity index (χ3n) is 3.42. The predicted octanol–water partition coefficient (Wildman–Crippen LogP) is 2.50. The molecule has 0 unspecified atom stereocenters. The standard InChI is InChI=1S/C12H13ClN2/c13-11-2-1-10(6-15-11)9-3-4-12(5-9)7-14-8-12/h1-2,5-6,14H,3-4,7-8H2. The molecule has 1 N–H and O–H groups in total. The minimum Gasteiger partial charge on any atom is -0.315 e. The van der Waals surface area contributed by atoms with Crippen LogP contribution in [0.1, 0.15) is 18.4 Å². The lowest BCUT2D eigenvalue weighted by Crippen LogP contribution is -2.50. The molecule has 0 saturated carbocycles. The van der Waals surface area contributed by atoms with Crippen LogP contribution < -0.4 is 5.32 Å². The molecule has 0 amide bonds. The van der Waals surface area contributed by atoms with Crippen molar-refractivity contribution >= 4 is 17.2 Å². The predicted molar refractivity (Wildman–Crippen MR) is 61.8 cm³/mol. The summed E-state index contributed by atoms with van der Waals surface area (Å²) in [5, 5.41) is 3.91. The van der Waals surface area contributed by atoms with Crippen LogP contribution >= 0.6 is 11.6 Å². The summed E-state index contributed by atoms with van der Waals surface area (Å²) in [7, 11) is 0. The lowest BCUT2D eigenvalue weighted by molar-refractivity contribution is 0.236. The maximum atomic E-state index is 5.77. The van der Waals surface area contributed by atoms with Crippen LogP contribution in [0.25, 0.3) is 5.57 Å². The van der Waals surface area contributed by atoms with Gasteiger partial charge in [0.05, 0.1) is 0 Å². The highest BCUT2D eigenvalue weighted by atomic mass is 35.5. The van der Waals surface area contributed by atoms with Crippen LogP contribution in [0, 0.1) is 5.41 Å². The van der Waals surface area contributed by atoms with E-state index in [0.29, 0.717) is 10.6 Å². The van der Waals surface area contributed by atoms with Crippen LogP contribution in [-0.2, 0) is 0 Å². The van der Waals surface area contributed by atoms with Crippen LogP contribution in [0.4, 0.5) is 0 Å². The first-order chi connectivity index (χ1) is 7.27. The van der Waals surface area contributed by atoms with Crippen LogP contribution in [0.2, 0.25) is 5.15 Å². The number of pyridine rings is 1. The Bertz CT molecular complexity index is 404. The summed E-state index contributed by atoms with van der Waals surface area (Å²) in [6.45, 7) is 2.27. The number of nitrogens with zero attached hydrogens (tertiary/aromatic N) is 1. The average molecular weight is 221 g/mol. The molecule has 3 heteroatoms. The molecule has 1 aromatic heterocycles. The number of rotatable bonds is 1. The first kappa shape index (κ1) is 9.37. The fraction of sp³-hybridized carbons (Fsp3) is 0.417. The van der Waals surface area contributed by atoms with Crippen molar-refractivity contribution in [1.29, 1.82) is 0 Å². The van der Waals surface area contributed by atoms with Gasteiger partial charge in [0.25, 0.3) is 0 Å². The maximum absolute atomic E-state index is 5.77. The molecule has 3 rings (SSSR count). The summed E-state index contributed by atoms with van der Waals surface area (Å²) in [6, 6.07) is 3.92. The summed E-state index contributed by atoms with van der Waals surface area (Å²) < 4.78 is 0.